The summed E-state index contributed by atoms with van der Waals surface area (Å²) in [5, 5.41) is 16.7. The highest BCUT2D eigenvalue weighted by molar-refractivity contribution is 5.86. The minimum absolute atomic E-state index is 0.105. The summed E-state index contributed by atoms with van der Waals surface area (Å²) >= 11 is 0. The summed E-state index contributed by atoms with van der Waals surface area (Å²) in [5.41, 5.74) is 2.23. The van der Waals surface area contributed by atoms with Gasteiger partial charge in [0.05, 0.1) is 11.0 Å². The van der Waals surface area contributed by atoms with Crippen molar-refractivity contribution < 1.29 is 4.92 Å². The van der Waals surface area contributed by atoms with E-state index in [-0.39, 0.29) is 16.7 Å². The molecule has 116 valence electrons. The zero-order valence-corrected chi connectivity index (χ0v) is 12.9. The van der Waals surface area contributed by atoms with E-state index >= 15 is 0 Å². The number of rotatable bonds is 5. The van der Waals surface area contributed by atoms with Crippen molar-refractivity contribution in [3.8, 4) is 0 Å². The highest BCUT2D eigenvalue weighted by Gasteiger charge is 2.13. The molecule has 1 atom stereocenters. The number of nitrogens with one attached hydrogen (secondary N) is 1. The highest BCUT2D eigenvalue weighted by atomic mass is 16.6. The number of anilines is 1. The van der Waals surface area contributed by atoms with Crippen molar-refractivity contribution in [2.24, 2.45) is 0 Å². The second-order valence-corrected chi connectivity index (χ2v) is 5.48. The fourth-order valence-corrected chi connectivity index (χ4v) is 2.83. The number of hydrogen-bond acceptors (Lipinski definition) is 3. The van der Waals surface area contributed by atoms with Crippen LogP contribution in [0, 0.1) is 10.1 Å². The molecule has 0 aliphatic rings. The van der Waals surface area contributed by atoms with Crippen LogP contribution in [-0.4, -0.2) is 4.92 Å². The first-order chi connectivity index (χ1) is 11.2. The topological polar surface area (TPSA) is 55.2 Å². The third-order valence-corrected chi connectivity index (χ3v) is 4.03. The summed E-state index contributed by atoms with van der Waals surface area (Å²) in [6.45, 7) is 2.13. The van der Waals surface area contributed by atoms with Gasteiger partial charge < -0.3 is 5.32 Å². The molecule has 4 heteroatoms. The van der Waals surface area contributed by atoms with E-state index in [4.69, 9.17) is 0 Å². The summed E-state index contributed by atoms with van der Waals surface area (Å²) in [4.78, 5) is 10.4. The van der Waals surface area contributed by atoms with Crippen LogP contribution in [0.15, 0.2) is 66.7 Å². The lowest BCUT2D eigenvalue weighted by Gasteiger charge is -2.20. The average Bonchev–Trinajstić information content (AvgIpc) is 2.59. The van der Waals surface area contributed by atoms with E-state index in [0.29, 0.717) is 0 Å². The van der Waals surface area contributed by atoms with Crippen LogP contribution in [0.4, 0.5) is 11.4 Å². The minimum Gasteiger partial charge on any atom is -0.378 e. The molecule has 0 amide bonds. The van der Waals surface area contributed by atoms with E-state index in [1.807, 2.05) is 12.1 Å². The molecular formula is C19H18N2O2. The van der Waals surface area contributed by atoms with Crippen LogP contribution >= 0.6 is 0 Å². The van der Waals surface area contributed by atoms with Gasteiger partial charge in [-0.15, -0.1) is 0 Å². The Labute approximate surface area is 134 Å². The third kappa shape index (κ3) is 3.16. The Hall–Kier alpha value is -2.88. The molecule has 0 saturated heterocycles. The molecule has 0 spiro atoms. The first kappa shape index (κ1) is 15.0. The predicted octanol–water partition coefficient (Wildman–Crippen LogP) is 5.31. The van der Waals surface area contributed by atoms with Crippen molar-refractivity contribution in [1.82, 2.24) is 0 Å². The quantitative estimate of drug-likeness (QED) is 0.513. The van der Waals surface area contributed by atoms with Crippen molar-refractivity contribution in [2.45, 2.75) is 19.4 Å². The van der Waals surface area contributed by atoms with Crippen molar-refractivity contribution >= 4 is 22.1 Å². The fraction of sp³-hybridized carbons (Fsp3) is 0.158. The molecule has 23 heavy (non-hydrogen) atoms. The summed E-state index contributed by atoms with van der Waals surface area (Å²) in [6, 6.07) is 21.4. The maximum Gasteiger partial charge on any atom is 0.269 e. The van der Waals surface area contributed by atoms with E-state index in [2.05, 4.69) is 42.6 Å². The third-order valence-electron chi connectivity index (χ3n) is 4.03. The molecule has 0 radical (unpaired) electrons. The lowest BCUT2D eigenvalue weighted by molar-refractivity contribution is -0.384. The maximum atomic E-state index is 10.7. The van der Waals surface area contributed by atoms with Crippen LogP contribution < -0.4 is 5.32 Å². The lowest BCUT2D eigenvalue weighted by atomic mass is 9.97. The second-order valence-electron chi connectivity index (χ2n) is 5.48. The molecule has 1 N–H and O–H groups in total. The minimum atomic E-state index is -0.383. The van der Waals surface area contributed by atoms with E-state index in [0.717, 1.165) is 12.1 Å². The zero-order chi connectivity index (χ0) is 16.2. The second kappa shape index (κ2) is 6.48. The van der Waals surface area contributed by atoms with Crippen LogP contribution in [-0.2, 0) is 0 Å². The molecule has 3 aromatic carbocycles. The van der Waals surface area contributed by atoms with Gasteiger partial charge in [0.1, 0.15) is 0 Å². The smallest absolute Gasteiger partial charge is 0.269 e. The van der Waals surface area contributed by atoms with Gasteiger partial charge in [-0.1, -0.05) is 49.4 Å². The first-order valence-electron chi connectivity index (χ1n) is 7.67. The fourth-order valence-electron chi connectivity index (χ4n) is 2.83. The molecule has 0 bridgehead atoms. The molecule has 1 unspecified atom stereocenters. The van der Waals surface area contributed by atoms with E-state index < -0.39 is 0 Å². The monoisotopic (exact) mass is 306 g/mol. The van der Waals surface area contributed by atoms with E-state index in [1.165, 1.54) is 28.5 Å². The first-order valence-corrected chi connectivity index (χ1v) is 7.67. The van der Waals surface area contributed by atoms with Gasteiger partial charge in [-0.25, -0.2) is 0 Å². The number of hydrogen-bond donors (Lipinski definition) is 1. The van der Waals surface area contributed by atoms with Crippen LogP contribution in [0.5, 0.6) is 0 Å². The van der Waals surface area contributed by atoms with Crippen LogP contribution in [0.25, 0.3) is 10.8 Å². The largest absolute Gasteiger partial charge is 0.378 e. The maximum absolute atomic E-state index is 10.7. The molecule has 0 saturated carbocycles. The van der Waals surface area contributed by atoms with E-state index in [9.17, 15) is 10.1 Å². The average molecular weight is 306 g/mol. The Balaban J connectivity index is 1.91. The van der Waals surface area contributed by atoms with Crippen LogP contribution in [0.1, 0.15) is 24.9 Å². The Bertz CT molecular complexity index is 823. The van der Waals surface area contributed by atoms with Gasteiger partial charge in [0.25, 0.3) is 5.69 Å². The van der Waals surface area contributed by atoms with Crippen LogP contribution in [0.3, 0.4) is 0 Å². The molecule has 4 nitrogen and oxygen atoms in total. The predicted molar refractivity (Wildman–Crippen MR) is 93.7 cm³/mol. The SMILES string of the molecule is CCC(Nc1ccc([N+](=O)[O-])cc1)c1cccc2ccccc12. The molecule has 0 aliphatic heterocycles. The lowest BCUT2D eigenvalue weighted by Crippen LogP contribution is -2.10. The molecule has 3 rings (SSSR count). The van der Waals surface area contributed by atoms with Gasteiger partial charge >= 0.3 is 0 Å². The molecule has 0 aromatic heterocycles. The summed E-state index contributed by atoms with van der Waals surface area (Å²) in [7, 11) is 0. The van der Waals surface area contributed by atoms with Crippen molar-refractivity contribution in [3.63, 3.8) is 0 Å². The standard InChI is InChI=1S/C19H18N2O2/c1-2-19(20-15-10-12-16(13-11-15)21(22)23)18-9-5-7-14-6-3-4-8-17(14)18/h3-13,19-20H,2H2,1H3. The number of nitrogens with zero attached hydrogens (tertiary/aromatic N) is 1. The van der Waals surface area contributed by atoms with Crippen molar-refractivity contribution in [3.05, 3.63) is 82.4 Å². The molecular weight excluding hydrogens is 288 g/mol. The summed E-state index contributed by atoms with van der Waals surface area (Å²) in [6.07, 6.45) is 0.922. The van der Waals surface area contributed by atoms with Crippen molar-refractivity contribution in [1.29, 1.82) is 0 Å². The Morgan fingerprint density at radius 3 is 2.39 bits per heavy atom. The molecule has 0 fully saturated rings. The Morgan fingerprint density at radius 1 is 1.00 bits per heavy atom. The van der Waals surface area contributed by atoms with Gasteiger partial charge in [-0.3, -0.25) is 10.1 Å². The summed E-state index contributed by atoms with van der Waals surface area (Å²) < 4.78 is 0. The normalized spacial score (nSPS) is 12.0. The molecule has 0 aliphatic carbocycles. The number of nitro groups is 1. The van der Waals surface area contributed by atoms with Crippen molar-refractivity contribution in [2.75, 3.05) is 5.32 Å². The van der Waals surface area contributed by atoms with Gasteiger partial charge in [-0.05, 0) is 34.9 Å². The van der Waals surface area contributed by atoms with Gasteiger partial charge in [0, 0.05) is 17.8 Å². The number of fused-ring (bicyclic) bond motifs is 1. The molecule has 3 aromatic rings. The van der Waals surface area contributed by atoms with Gasteiger partial charge in [0.15, 0.2) is 0 Å². The van der Waals surface area contributed by atoms with E-state index in [1.54, 1.807) is 12.1 Å². The number of benzene rings is 3. The number of nitro benzene ring substituents is 1. The summed E-state index contributed by atoms with van der Waals surface area (Å²) in [5.74, 6) is 0. The highest BCUT2D eigenvalue weighted by Crippen LogP contribution is 2.29. The Kier molecular flexibility index (Phi) is 4.24. The molecule has 0 heterocycles. The zero-order valence-electron chi connectivity index (χ0n) is 12.9. The van der Waals surface area contributed by atoms with Crippen LogP contribution in [0.2, 0.25) is 0 Å². The number of non-ortho nitro benzene ring substituents is 1. The van der Waals surface area contributed by atoms with Gasteiger partial charge in [-0.2, -0.15) is 0 Å². The van der Waals surface area contributed by atoms with Gasteiger partial charge in [0.2, 0.25) is 0 Å². The Morgan fingerprint density at radius 2 is 1.70 bits per heavy atom.